The third kappa shape index (κ3) is 2.92. The van der Waals surface area contributed by atoms with Gasteiger partial charge in [-0.3, -0.25) is 4.79 Å². The summed E-state index contributed by atoms with van der Waals surface area (Å²) >= 11 is 1.38. The van der Waals surface area contributed by atoms with Crippen LogP contribution in [-0.2, 0) is 11.2 Å². The highest BCUT2D eigenvalue weighted by atomic mass is 32.1. The lowest BCUT2D eigenvalue weighted by molar-refractivity contribution is -0.121. The van der Waals surface area contributed by atoms with Crippen molar-refractivity contribution >= 4 is 22.4 Å². The topological polar surface area (TPSA) is 68.0 Å². The minimum absolute atomic E-state index is 0.0622. The SMILES string of the molecule is Nc1nc(CC(=O)NC2CCCC2)cs1. The van der Waals surface area contributed by atoms with Gasteiger partial charge in [0.1, 0.15) is 0 Å². The van der Waals surface area contributed by atoms with Gasteiger partial charge < -0.3 is 11.1 Å². The Hall–Kier alpha value is -1.10. The van der Waals surface area contributed by atoms with Gasteiger partial charge in [0.05, 0.1) is 12.1 Å². The van der Waals surface area contributed by atoms with Crippen LogP contribution in [0, 0.1) is 0 Å². The predicted octanol–water partition coefficient (Wildman–Crippen LogP) is 1.33. The Morgan fingerprint density at radius 3 is 2.93 bits per heavy atom. The summed E-state index contributed by atoms with van der Waals surface area (Å²) in [6, 6.07) is 0.383. The molecule has 0 spiro atoms. The fraction of sp³-hybridized carbons (Fsp3) is 0.600. The average molecular weight is 225 g/mol. The molecule has 15 heavy (non-hydrogen) atoms. The third-order valence-electron chi connectivity index (χ3n) is 2.63. The Balaban J connectivity index is 1.81. The maximum absolute atomic E-state index is 11.6. The molecule has 82 valence electrons. The summed E-state index contributed by atoms with van der Waals surface area (Å²) in [6.45, 7) is 0. The molecule has 0 aromatic carbocycles. The van der Waals surface area contributed by atoms with Crippen LogP contribution in [0.25, 0.3) is 0 Å². The van der Waals surface area contributed by atoms with Gasteiger partial charge in [0.15, 0.2) is 5.13 Å². The van der Waals surface area contributed by atoms with Crippen LogP contribution >= 0.6 is 11.3 Å². The second-order valence-corrected chi connectivity index (χ2v) is 4.79. The molecule has 4 nitrogen and oxygen atoms in total. The van der Waals surface area contributed by atoms with Gasteiger partial charge in [0, 0.05) is 11.4 Å². The van der Waals surface area contributed by atoms with Gasteiger partial charge >= 0.3 is 0 Å². The first-order valence-electron chi connectivity index (χ1n) is 5.23. The molecule has 0 bridgehead atoms. The second kappa shape index (κ2) is 4.61. The number of carbonyl (C=O) groups excluding carboxylic acids is 1. The first kappa shape index (κ1) is 10.4. The molecule has 1 amide bonds. The van der Waals surface area contributed by atoms with Gasteiger partial charge in [-0.05, 0) is 12.8 Å². The number of hydrogen-bond donors (Lipinski definition) is 2. The summed E-state index contributed by atoms with van der Waals surface area (Å²) in [5.41, 5.74) is 6.26. The fourth-order valence-electron chi connectivity index (χ4n) is 1.92. The average Bonchev–Trinajstić information content (AvgIpc) is 2.77. The Labute approximate surface area is 92.9 Å². The number of nitrogens with one attached hydrogen (secondary N) is 1. The van der Waals surface area contributed by atoms with Gasteiger partial charge in [0.25, 0.3) is 0 Å². The molecule has 2 rings (SSSR count). The number of aromatic nitrogens is 1. The first-order chi connectivity index (χ1) is 7.24. The Bertz CT molecular complexity index is 344. The zero-order chi connectivity index (χ0) is 10.7. The maximum atomic E-state index is 11.6. The van der Waals surface area contributed by atoms with Crippen LogP contribution in [0.15, 0.2) is 5.38 Å². The van der Waals surface area contributed by atoms with Crippen molar-refractivity contribution < 1.29 is 4.79 Å². The summed E-state index contributed by atoms with van der Waals surface area (Å²) in [7, 11) is 0. The minimum atomic E-state index is 0.0622. The van der Waals surface area contributed by atoms with Crippen molar-refractivity contribution in [2.75, 3.05) is 5.73 Å². The molecule has 0 unspecified atom stereocenters. The second-order valence-electron chi connectivity index (χ2n) is 3.90. The zero-order valence-electron chi connectivity index (χ0n) is 8.53. The van der Waals surface area contributed by atoms with Crippen molar-refractivity contribution in [2.45, 2.75) is 38.1 Å². The number of amides is 1. The number of nitrogens with two attached hydrogens (primary N) is 1. The number of thiazole rings is 1. The van der Waals surface area contributed by atoms with Crippen molar-refractivity contribution in [3.8, 4) is 0 Å². The molecule has 1 aromatic rings. The van der Waals surface area contributed by atoms with Crippen LogP contribution < -0.4 is 11.1 Å². The van der Waals surface area contributed by atoms with Gasteiger partial charge in [-0.15, -0.1) is 11.3 Å². The van der Waals surface area contributed by atoms with E-state index in [-0.39, 0.29) is 5.91 Å². The Morgan fingerprint density at radius 2 is 2.33 bits per heavy atom. The van der Waals surface area contributed by atoms with Crippen LogP contribution in [0.1, 0.15) is 31.4 Å². The number of nitrogen functional groups attached to an aromatic ring is 1. The molecule has 0 saturated heterocycles. The highest BCUT2D eigenvalue weighted by molar-refractivity contribution is 7.13. The predicted molar refractivity (Wildman–Crippen MR) is 60.6 cm³/mol. The standard InChI is InChI=1S/C10H15N3OS/c11-10-13-8(6-15-10)5-9(14)12-7-3-1-2-4-7/h6-7H,1-5H2,(H2,11,13)(H,12,14). The molecule has 1 fully saturated rings. The molecule has 1 saturated carbocycles. The van der Waals surface area contributed by atoms with Crippen molar-refractivity contribution in [2.24, 2.45) is 0 Å². The maximum Gasteiger partial charge on any atom is 0.226 e. The van der Waals surface area contributed by atoms with E-state index in [1.54, 1.807) is 0 Å². The number of carbonyl (C=O) groups is 1. The van der Waals surface area contributed by atoms with Crippen molar-refractivity contribution in [1.82, 2.24) is 10.3 Å². The molecule has 1 aliphatic carbocycles. The summed E-state index contributed by atoms with van der Waals surface area (Å²) in [4.78, 5) is 15.7. The van der Waals surface area contributed by atoms with E-state index in [2.05, 4.69) is 10.3 Å². The Kier molecular flexibility index (Phi) is 3.20. The van der Waals surface area contributed by atoms with E-state index in [0.29, 0.717) is 17.6 Å². The summed E-state index contributed by atoms with van der Waals surface area (Å²) < 4.78 is 0. The summed E-state index contributed by atoms with van der Waals surface area (Å²) in [5.74, 6) is 0.0622. The van der Waals surface area contributed by atoms with Gasteiger partial charge in [-0.2, -0.15) is 0 Å². The molecule has 1 aromatic heterocycles. The highest BCUT2D eigenvalue weighted by Crippen LogP contribution is 2.18. The van der Waals surface area contributed by atoms with Gasteiger partial charge in [0.2, 0.25) is 5.91 Å². The normalized spacial score (nSPS) is 16.8. The van der Waals surface area contributed by atoms with Gasteiger partial charge in [-0.1, -0.05) is 12.8 Å². The molecule has 1 aliphatic rings. The monoisotopic (exact) mass is 225 g/mol. The molecule has 0 atom stereocenters. The van der Waals surface area contributed by atoms with Gasteiger partial charge in [-0.25, -0.2) is 4.98 Å². The Morgan fingerprint density at radius 1 is 1.60 bits per heavy atom. The largest absolute Gasteiger partial charge is 0.375 e. The van der Waals surface area contributed by atoms with E-state index in [1.807, 2.05) is 5.38 Å². The van der Waals surface area contributed by atoms with Crippen molar-refractivity contribution in [3.05, 3.63) is 11.1 Å². The molecular formula is C10H15N3OS. The van der Waals surface area contributed by atoms with Crippen LogP contribution in [0.5, 0.6) is 0 Å². The van der Waals surface area contributed by atoms with Crippen molar-refractivity contribution in [1.29, 1.82) is 0 Å². The smallest absolute Gasteiger partial charge is 0.226 e. The van der Waals surface area contributed by atoms with E-state index in [9.17, 15) is 4.79 Å². The van der Waals surface area contributed by atoms with E-state index < -0.39 is 0 Å². The fourth-order valence-corrected chi connectivity index (χ4v) is 2.48. The first-order valence-corrected chi connectivity index (χ1v) is 6.11. The number of nitrogens with zero attached hydrogens (tertiary/aromatic N) is 1. The molecule has 0 radical (unpaired) electrons. The van der Waals surface area contributed by atoms with E-state index in [1.165, 1.54) is 24.2 Å². The molecule has 1 heterocycles. The summed E-state index contributed by atoms with van der Waals surface area (Å²) in [5, 5.41) is 5.38. The third-order valence-corrected chi connectivity index (χ3v) is 3.35. The summed E-state index contributed by atoms with van der Waals surface area (Å²) in [6.07, 6.45) is 5.04. The molecule has 3 N–H and O–H groups in total. The number of anilines is 1. The van der Waals surface area contributed by atoms with Crippen LogP contribution in [-0.4, -0.2) is 16.9 Å². The van der Waals surface area contributed by atoms with Crippen LogP contribution in [0.2, 0.25) is 0 Å². The quantitative estimate of drug-likeness (QED) is 0.815. The zero-order valence-corrected chi connectivity index (χ0v) is 9.35. The lowest BCUT2D eigenvalue weighted by Gasteiger charge is -2.10. The van der Waals surface area contributed by atoms with Crippen LogP contribution in [0.4, 0.5) is 5.13 Å². The van der Waals surface area contributed by atoms with Crippen molar-refractivity contribution in [3.63, 3.8) is 0 Å². The molecule has 0 aliphatic heterocycles. The lowest BCUT2D eigenvalue weighted by Crippen LogP contribution is -2.33. The molecule has 5 heteroatoms. The number of rotatable bonds is 3. The highest BCUT2D eigenvalue weighted by Gasteiger charge is 2.17. The van der Waals surface area contributed by atoms with E-state index in [4.69, 9.17) is 5.73 Å². The lowest BCUT2D eigenvalue weighted by atomic mass is 10.2. The minimum Gasteiger partial charge on any atom is -0.375 e. The number of hydrogen-bond acceptors (Lipinski definition) is 4. The van der Waals surface area contributed by atoms with Crippen LogP contribution in [0.3, 0.4) is 0 Å². The van der Waals surface area contributed by atoms with E-state index >= 15 is 0 Å². The molecular weight excluding hydrogens is 210 g/mol. The van der Waals surface area contributed by atoms with E-state index in [0.717, 1.165) is 18.5 Å².